The summed E-state index contributed by atoms with van der Waals surface area (Å²) in [4.78, 5) is 11.7. The van der Waals surface area contributed by atoms with Gasteiger partial charge in [0, 0.05) is 31.9 Å². The van der Waals surface area contributed by atoms with Crippen molar-refractivity contribution in [3.63, 3.8) is 0 Å². The quantitative estimate of drug-likeness (QED) is 0.464. The van der Waals surface area contributed by atoms with Gasteiger partial charge in [-0.15, -0.1) is 5.10 Å². The Morgan fingerprint density at radius 3 is 2.45 bits per heavy atom. The lowest BCUT2D eigenvalue weighted by atomic mass is 10.2. The summed E-state index contributed by atoms with van der Waals surface area (Å²) < 4.78 is 7.48. The van der Waals surface area contributed by atoms with Crippen molar-refractivity contribution in [3.8, 4) is 17.1 Å². The minimum atomic E-state index is 0.590. The number of anilines is 3. The first-order chi connectivity index (χ1) is 15.0. The molecule has 2 aromatic carbocycles. The smallest absolute Gasteiger partial charge is 0.185 e. The molecule has 0 bridgehead atoms. The van der Waals surface area contributed by atoms with Crippen LogP contribution in [-0.2, 0) is 6.42 Å². The molecule has 0 aliphatic rings. The molecule has 7 nitrogen and oxygen atoms in total. The lowest BCUT2D eigenvalue weighted by Gasteiger charge is -2.15. The summed E-state index contributed by atoms with van der Waals surface area (Å²) in [6, 6.07) is 16.0. The zero-order valence-corrected chi connectivity index (χ0v) is 18.7. The van der Waals surface area contributed by atoms with Crippen molar-refractivity contribution in [1.82, 2.24) is 19.6 Å². The average molecular weight is 417 g/mol. The van der Waals surface area contributed by atoms with Gasteiger partial charge < -0.3 is 15.0 Å². The van der Waals surface area contributed by atoms with Crippen LogP contribution in [0, 0.1) is 6.92 Å². The van der Waals surface area contributed by atoms with Crippen molar-refractivity contribution >= 4 is 22.7 Å². The molecule has 0 aliphatic carbocycles. The standard InChI is InChI=1S/C24H28N6O/c1-6-9-21-25-16(2)22-24(26-17-12-14-18(15-13-17)29(3)4)27-23(28-30(21)22)19-10-7-8-11-20(19)31-5/h7-8,10-15H,6,9H2,1-5H3,(H,26,27,28). The molecular formula is C24H28N6O. The number of ether oxygens (including phenoxy) is 1. The van der Waals surface area contributed by atoms with E-state index in [0.29, 0.717) is 5.82 Å². The molecule has 2 aromatic heterocycles. The number of aryl methyl sites for hydroxylation is 2. The number of imidazole rings is 1. The fraction of sp³-hybridized carbons (Fsp3) is 0.292. The second kappa shape index (κ2) is 8.63. The number of fused-ring (bicyclic) bond motifs is 1. The van der Waals surface area contributed by atoms with Crippen molar-refractivity contribution in [2.24, 2.45) is 0 Å². The number of hydrogen-bond acceptors (Lipinski definition) is 6. The van der Waals surface area contributed by atoms with E-state index in [1.54, 1.807) is 7.11 Å². The Kier molecular flexibility index (Phi) is 5.75. The monoisotopic (exact) mass is 416 g/mol. The summed E-state index contributed by atoms with van der Waals surface area (Å²) in [5.41, 5.74) is 4.72. The van der Waals surface area contributed by atoms with Crippen LogP contribution in [0.2, 0.25) is 0 Å². The van der Waals surface area contributed by atoms with Crippen molar-refractivity contribution in [3.05, 3.63) is 60.0 Å². The van der Waals surface area contributed by atoms with E-state index >= 15 is 0 Å². The molecule has 0 fully saturated rings. The van der Waals surface area contributed by atoms with E-state index in [9.17, 15) is 0 Å². The highest BCUT2D eigenvalue weighted by Gasteiger charge is 2.18. The van der Waals surface area contributed by atoms with Crippen molar-refractivity contribution in [1.29, 1.82) is 0 Å². The topological polar surface area (TPSA) is 67.6 Å². The minimum Gasteiger partial charge on any atom is -0.496 e. The van der Waals surface area contributed by atoms with Crippen LogP contribution < -0.4 is 15.0 Å². The first kappa shape index (κ1) is 20.7. The van der Waals surface area contributed by atoms with Gasteiger partial charge in [-0.1, -0.05) is 19.1 Å². The van der Waals surface area contributed by atoms with Crippen LogP contribution in [-0.4, -0.2) is 40.8 Å². The largest absolute Gasteiger partial charge is 0.496 e. The van der Waals surface area contributed by atoms with E-state index in [1.165, 1.54) is 0 Å². The molecule has 0 unspecified atom stereocenters. The molecule has 1 N–H and O–H groups in total. The molecule has 0 spiro atoms. The molecule has 7 heteroatoms. The second-order valence-corrected chi connectivity index (χ2v) is 7.67. The Morgan fingerprint density at radius 1 is 1.03 bits per heavy atom. The normalized spacial score (nSPS) is 11.0. The number of nitrogens with zero attached hydrogens (tertiary/aromatic N) is 5. The third-order valence-corrected chi connectivity index (χ3v) is 5.20. The van der Waals surface area contributed by atoms with Gasteiger partial charge in [-0.25, -0.2) is 14.5 Å². The number of hydrogen-bond donors (Lipinski definition) is 1. The van der Waals surface area contributed by atoms with Gasteiger partial charge in [0.05, 0.1) is 18.4 Å². The molecule has 160 valence electrons. The molecule has 0 atom stereocenters. The molecule has 2 heterocycles. The van der Waals surface area contributed by atoms with E-state index in [2.05, 4.69) is 41.4 Å². The lowest BCUT2D eigenvalue weighted by Crippen LogP contribution is -2.09. The Hall–Kier alpha value is -3.61. The zero-order chi connectivity index (χ0) is 22.0. The van der Waals surface area contributed by atoms with E-state index in [0.717, 1.165) is 58.4 Å². The third-order valence-electron chi connectivity index (χ3n) is 5.20. The molecule has 0 aliphatic heterocycles. The average Bonchev–Trinajstić information content (AvgIpc) is 3.09. The Balaban J connectivity index is 1.88. The number of benzene rings is 2. The summed E-state index contributed by atoms with van der Waals surface area (Å²) >= 11 is 0. The van der Waals surface area contributed by atoms with Crippen LogP contribution in [0.1, 0.15) is 24.9 Å². The SMILES string of the molecule is CCCc1nc(C)c2c(Nc3ccc(N(C)C)cc3)nc(-c3ccccc3OC)nn12. The van der Waals surface area contributed by atoms with Crippen LogP contribution in [0.4, 0.5) is 17.2 Å². The summed E-state index contributed by atoms with van der Waals surface area (Å²) in [6.07, 6.45) is 1.83. The predicted molar refractivity (Wildman–Crippen MR) is 126 cm³/mol. The number of rotatable bonds is 7. The van der Waals surface area contributed by atoms with E-state index in [4.69, 9.17) is 19.8 Å². The second-order valence-electron chi connectivity index (χ2n) is 7.67. The molecule has 0 saturated heterocycles. The van der Waals surface area contributed by atoms with Crippen LogP contribution in [0.15, 0.2) is 48.5 Å². The van der Waals surface area contributed by atoms with Gasteiger partial charge in [0.15, 0.2) is 11.6 Å². The molecule has 0 amide bonds. The van der Waals surface area contributed by atoms with Crippen molar-refractivity contribution < 1.29 is 4.74 Å². The van der Waals surface area contributed by atoms with E-state index in [1.807, 2.05) is 49.8 Å². The van der Waals surface area contributed by atoms with E-state index in [-0.39, 0.29) is 0 Å². The van der Waals surface area contributed by atoms with Gasteiger partial charge in [0.1, 0.15) is 17.1 Å². The van der Waals surface area contributed by atoms with E-state index < -0.39 is 0 Å². The van der Waals surface area contributed by atoms with Crippen molar-refractivity contribution in [2.45, 2.75) is 26.7 Å². The van der Waals surface area contributed by atoms with Crippen LogP contribution in [0.25, 0.3) is 16.9 Å². The minimum absolute atomic E-state index is 0.590. The van der Waals surface area contributed by atoms with Gasteiger partial charge in [0.25, 0.3) is 0 Å². The zero-order valence-electron chi connectivity index (χ0n) is 18.7. The maximum Gasteiger partial charge on any atom is 0.185 e. The fourth-order valence-electron chi connectivity index (χ4n) is 3.63. The number of methoxy groups -OCH3 is 1. The summed E-state index contributed by atoms with van der Waals surface area (Å²) in [7, 11) is 5.72. The first-order valence-electron chi connectivity index (χ1n) is 10.5. The maximum absolute atomic E-state index is 5.56. The highest BCUT2D eigenvalue weighted by atomic mass is 16.5. The van der Waals surface area contributed by atoms with Gasteiger partial charge in [-0.05, 0) is 49.7 Å². The Labute approximate surface area is 182 Å². The third kappa shape index (κ3) is 4.03. The first-order valence-corrected chi connectivity index (χ1v) is 10.5. The number of para-hydroxylation sites is 1. The van der Waals surface area contributed by atoms with Crippen molar-refractivity contribution in [2.75, 3.05) is 31.4 Å². The van der Waals surface area contributed by atoms with Gasteiger partial charge in [-0.3, -0.25) is 0 Å². The van der Waals surface area contributed by atoms with Crippen LogP contribution >= 0.6 is 0 Å². The Morgan fingerprint density at radius 2 is 1.77 bits per heavy atom. The van der Waals surface area contributed by atoms with Crippen LogP contribution in [0.3, 0.4) is 0 Å². The number of nitrogens with one attached hydrogen (secondary N) is 1. The summed E-state index contributed by atoms with van der Waals surface area (Å²) in [5.74, 6) is 2.98. The summed E-state index contributed by atoms with van der Waals surface area (Å²) in [5, 5.41) is 8.34. The Bertz CT molecular complexity index is 1200. The highest BCUT2D eigenvalue weighted by Crippen LogP contribution is 2.31. The molecule has 0 saturated carbocycles. The molecule has 0 radical (unpaired) electrons. The maximum atomic E-state index is 5.56. The molecular weight excluding hydrogens is 388 g/mol. The lowest BCUT2D eigenvalue weighted by molar-refractivity contribution is 0.416. The van der Waals surface area contributed by atoms with Gasteiger partial charge >= 0.3 is 0 Å². The predicted octanol–water partition coefficient (Wildman–Crippen LogP) is 4.87. The van der Waals surface area contributed by atoms with Gasteiger partial charge in [-0.2, -0.15) is 0 Å². The molecule has 4 rings (SSSR count). The summed E-state index contributed by atoms with van der Waals surface area (Å²) in [6.45, 7) is 4.14. The highest BCUT2D eigenvalue weighted by molar-refractivity contribution is 5.78. The fourth-order valence-corrected chi connectivity index (χ4v) is 3.63. The van der Waals surface area contributed by atoms with Crippen LogP contribution in [0.5, 0.6) is 5.75 Å². The molecule has 31 heavy (non-hydrogen) atoms. The number of aromatic nitrogens is 4. The van der Waals surface area contributed by atoms with Gasteiger partial charge in [0.2, 0.25) is 0 Å². The molecule has 4 aromatic rings.